The van der Waals surface area contributed by atoms with Crippen LogP contribution in [0.2, 0.25) is 0 Å². The number of hydrogen-bond acceptors (Lipinski definition) is 4. The number of piperidine rings is 1. The molecule has 0 spiro atoms. The molecule has 2 aromatic rings. The standard InChI is InChI=1S/C19H26N2O2/c1-14-19(15(2)23-20-14)13-21-12-4-3-5-17(21)9-6-16-7-10-18(22)11-8-16/h7-8,10-11,17,22H,3-6,9,12-13H2,1-2H3/t17-/m1/s1. The van der Waals surface area contributed by atoms with E-state index in [1.807, 2.05) is 26.0 Å². The second-order valence-corrected chi connectivity index (χ2v) is 6.63. The van der Waals surface area contributed by atoms with E-state index in [0.29, 0.717) is 11.8 Å². The zero-order valence-corrected chi connectivity index (χ0v) is 14.1. The number of aromatic nitrogens is 1. The maximum Gasteiger partial charge on any atom is 0.138 e. The summed E-state index contributed by atoms with van der Waals surface area (Å²) in [5.41, 5.74) is 3.57. The summed E-state index contributed by atoms with van der Waals surface area (Å²) in [5, 5.41) is 13.5. The maximum atomic E-state index is 9.39. The van der Waals surface area contributed by atoms with E-state index in [9.17, 15) is 5.11 Å². The Labute approximate surface area is 138 Å². The van der Waals surface area contributed by atoms with Crippen molar-refractivity contribution in [3.05, 3.63) is 46.8 Å². The van der Waals surface area contributed by atoms with Gasteiger partial charge in [0.15, 0.2) is 0 Å². The molecule has 0 saturated carbocycles. The van der Waals surface area contributed by atoms with Gasteiger partial charge in [0.2, 0.25) is 0 Å². The number of phenolic OH excluding ortho intramolecular Hbond substituents is 1. The van der Waals surface area contributed by atoms with Gasteiger partial charge in [-0.25, -0.2) is 0 Å². The molecule has 0 aliphatic carbocycles. The Hall–Kier alpha value is -1.81. The minimum Gasteiger partial charge on any atom is -0.508 e. The second kappa shape index (κ2) is 7.18. The van der Waals surface area contributed by atoms with Crippen LogP contribution in [0.1, 0.15) is 48.3 Å². The van der Waals surface area contributed by atoms with Crippen molar-refractivity contribution in [2.75, 3.05) is 6.54 Å². The van der Waals surface area contributed by atoms with Gasteiger partial charge in [-0.15, -0.1) is 0 Å². The predicted molar refractivity (Wildman–Crippen MR) is 90.5 cm³/mol. The minimum absolute atomic E-state index is 0.339. The molecule has 0 bridgehead atoms. The van der Waals surface area contributed by atoms with Crippen molar-refractivity contribution in [2.24, 2.45) is 0 Å². The van der Waals surface area contributed by atoms with Crippen LogP contribution in [-0.4, -0.2) is 27.7 Å². The zero-order chi connectivity index (χ0) is 16.2. The predicted octanol–water partition coefficient (Wildman–Crippen LogP) is 3.98. The van der Waals surface area contributed by atoms with Crippen LogP contribution in [0, 0.1) is 13.8 Å². The van der Waals surface area contributed by atoms with Crippen molar-refractivity contribution in [3.8, 4) is 5.75 Å². The normalized spacial score (nSPS) is 19.1. The summed E-state index contributed by atoms with van der Waals surface area (Å²) in [6.45, 7) is 6.14. The quantitative estimate of drug-likeness (QED) is 0.907. The van der Waals surface area contributed by atoms with E-state index >= 15 is 0 Å². The lowest BCUT2D eigenvalue weighted by Gasteiger charge is -2.35. The van der Waals surface area contributed by atoms with Crippen molar-refractivity contribution >= 4 is 0 Å². The van der Waals surface area contributed by atoms with Crippen molar-refractivity contribution < 1.29 is 9.63 Å². The van der Waals surface area contributed by atoms with Crippen molar-refractivity contribution in [1.82, 2.24) is 10.1 Å². The molecule has 1 aromatic carbocycles. The van der Waals surface area contributed by atoms with Gasteiger partial charge >= 0.3 is 0 Å². The molecule has 23 heavy (non-hydrogen) atoms. The van der Waals surface area contributed by atoms with Crippen molar-refractivity contribution in [3.63, 3.8) is 0 Å². The number of nitrogens with zero attached hydrogens (tertiary/aromatic N) is 2. The Kier molecular flexibility index (Phi) is 5.01. The number of rotatable bonds is 5. The van der Waals surface area contributed by atoms with E-state index in [0.717, 1.165) is 37.4 Å². The van der Waals surface area contributed by atoms with Gasteiger partial charge in [-0.3, -0.25) is 4.90 Å². The Morgan fingerprint density at radius 3 is 2.70 bits per heavy atom. The molecule has 124 valence electrons. The second-order valence-electron chi connectivity index (χ2n) is 6.63. The molecule has 0 radical (unpaired) electrons. The van der Waals surface area contributed by atoms with E-state index in [1.54, 1.807) is 12.1 Å². The van der Waals surface area contributed by atoms with E-state index in [1.165, 1.54) is 30.4 Å². The van der Waals surface area contributed by atoms with Crippen LogP contribution in [0.3, 0.4) is 0 Å². The van der Waals surface area contributed by atoms with Gasteiger partial charge in [-0.1, -0.05) is 23.7 Å². The molecular formula is C19H26N2O2. The molecule has 1 aromatic heterocycles. The fraction of sp³-hybridized carbons (Fsp3) is 0.526. The highest BCUT2D eigenvalue weighted by atomic mass is 16.5. The molecule has 0 amide bonds. The third-order valence-corrected chi connectivity index (χ3v) is 4.99. The van der Waals surface area contributed by atoms with Gasteiger partial charge < -0.3 is 9.63 Å². The average Bonchev–Trinajstić information content (AvgIpc) is 2.87. The molecular weight excluding hydrogens is 288 g/mol. The van der Waals surface area contributed by atoms with E-state index in [-0.39, 0.29) is 0 Å². The molecule has 4 nitrogen and oxygen atoms in total. The summed E-state index contributed by atoms with van der Waals surface area (Å²) in [7, 11) is 0. The monoisotopic (exact) mass is 314 g/mol. The lowest BCUT2D eigenvalue weighted by molar-refractivity contribution is 0.131. The van der Waals surface area contributed by atoms with Crippen LogP contribution < -0.4 is 0 Å². The Morgan fingerprint density at radius 2 is 2.00 bits per heavy atom. The van der Waals surface area contributed by atoms with E-state index in [4.69, 9.17) is 4.52 Å². The highest BCUT2D eigenvalue weighted by Gasteiger charge is 2.24. The Morgan fingerprint density at radius 1 is 1.22 bits per heavy atom. The van der Waals surface area contributed by atoms with Gasteiger partial charge in [0.25, 0.3) is 0 Å². The smallest absolute Gasteiger partial charge is 0.138 e. The van der Waals surface area contributed by atoms with Gasteiger partial charge in [0.05, 0.1) is 5.69 Å². The fourth-order valence-electron chi connectivity index (χ4n) is 3.52. The third-order valence-electron chi connectivity index (χ3n) is 4.99. The van der Waals surface area contributed by atoms with E-state index < -0.39 is 0 Å². The third kappa shape index (κ3) is 3.94. The number of aryl methyl sites for hydroxylation is 3. The number of aromatic hydroxyl groups is 1. The SMILES string of the molecule is Cc1noc(C)c1CN1CCCC[C@@H]1CCc1ccc(O)cc1. The summed E-state index contributed by atoms with van der Waals surface area (Å²) in [5.74, 6) is 1.29. The van der Waals surface area contributed by atoms with Crippen LogP contribution in [0.25, 0.3) is 0 Å². The topological polar surface area (TPSA) is 49.5 Å². The highest BCUT2D eigenvalue weighted by Crippen LogP contribution is 2.25. The average molecular weight is 314 g/mol. The molecule has 2 heterocycles. The minimum atomic E-state index is 0.339. The molecule has 1 aliphatic rings. The molecule has 1 N–H and O–H groups in total. The summed E-state index contributed by atoms with van der Waals surface area (Å²) in [6, 6.07) is 8.22. The van der Waals surface area contributed by atoms with E-state index in [2.05, 4.69) is 10.1 Å². The van der Waals surface area contributed by atoms with Crippen molar-refractivity contribution in [1.29, 1.82) is 0 Å². The first kappa shape index (κ1) is 16.1. The first-order valence-corrected chi connectivity index (χ1v) is 8.57. The van der Waals surface area contributed by atoms with Crippen LogP contribution in [0.15, 0.2) is 28.8 Å². The molecule has 0 unspecified atom stereocenters. The molecule has 3 rings (SSSR count). The Balaban J connectivity index is 1.63. The van der Waals surface area contributed by atoms with Gasteiger partial charge in [0, 0.05) is 18.2 Å². The van der Waals surface area contributed by atoms with Gasteiger partial charge in [-0.2, -0.15) is 0 Å². The van der Waals surface area contributed by atoms with Crippen LogP contribution in [0.4, 0.5) is 0 Å². The zero-order valence-electron chi connectivity index (χ0n) is 14.1. The number of benzene rings is 1. The van der Waals surface area contributed by atoms with Crippen LogP contribution in [0.5, 0.6) is 5.75 Å². The lowest BCUT2D eigenvalue weighted by Crippen LogP contribution is -2.39. The molecule has 1 aliphatic heterocycles. The highest BCUT2D eigenvalue weighted by molar-refractivity contribution is 5.26. The molecule has 1 fully saturated rings. The first-order valence-electron chi connectivity index (χ1n) is 8.57. The number of phenols is 1. The van der Waals surface area contributed by atoms with Crippen molar-refractivity contribution in [2.45, 2.75) is 58.5 Å². The fourth-order valence-corrected chi connectivity index (χ4v) is 3.52. The summed E-state index contributed by atoms with van der Waals surface area (Å²) >= 11 is 0. The van der Waals surface area contributed by atoms with Crippen LogP contribution >= 0.6 is 0 Å². The lowest BCUT2D eigenvalue weighted by atomic mass is 9.95. The Bertz CT molecular complexity index is 614. The van der Waals surface area contributed by atoms with Gasteiger partial charge in [-0.05, 0) is 63.8 Å². The largest absolute Gasteiger partial charge is 0.508 e. The number of hydrogen-bond donors (Lipinski definition) is 1. The molecule has 1 saturated heterocycles. The maximum absolute atomic E-state index is 9.39. The summed E-state index contributed by atoms with van der Waals surface area (Å²) < 4.78 is 5.31. The molecule has 1 atom stereocenters. The molecule has 4 heteroatoms. The van der Waals surface area contributed by atoms with Crippen LogP contribution in [-0.2, 0) is 13.0 Å². The summed E-state index contributed by atoms with van der Waals surface area (Å²) in [6.07, 6.45) is 6.08. The van der Waals surface area contributed by atoms with Gasteiger partial charge in [0.1, 0.15) is 11.5 Å². The summed E-state index contributed by atoms with van der Waals surface area (Å²) in [4.78, 5) is 2.59. The first-order chi connectivity index (χ1) is 11.1. The number of likely N-dealkylation sites (tertiary alicyclic amines) is 1.